The Kier molecular flexibility index (Phi) is 4.05. The van der Waals surface area contributed by atoms with Crippen LogP contribution in [-0.2, 0) is 4.74 Å². The number of nitrogens with zero attached hydrogens (tertiary/aromatic N) is 3. The molecule has 1 aliphatic heterocycles. The van der Waals surface area contributed by atoms with Crippen LogP contribution >= 0.6 is 12.4 Å². The van der Waals surface area contributed by atoms with E-state index in [0.29, 0.717) is 12.6 Å². The zero-order valence-corrected chi connectivity index (χ0v) is 9.16. The van der Waals surface area contributed by atoms with Gasteiger partial charge in [-0.15, -0.1) is 17.5 Å². The highest BCUT2D eigenvalue weighted by molar-refractivity contribution is 5.86. The molecule has 0 radical (unpaired) electrons. The molecule has 1 aromatic rings. The summed E-state index contributed by atoms with van der Waals surface area (Å²) in [7, 11) is 0. The highest BCUT2D eigenvalue weighted by atomic mass is 35.5. The number of aromatic nitrogens is 3. The zero-order chi connectivity index (χ0) is 9.97. The average molecular weight is 233 g/mol. The molecule has 0 aromatic carbocycles. The van der Waals surface area contributed by atoms with Crippen LogP contribution in [0.2, 0.25) is 0 Å². The molecular formula is C8H13ClN4O2. The van der Waals surface area contributed by atoms with Crippen molar-refractivity contribution in [3.05, 3.63) is 11.9 Å². The van der Waals surface area contributed by atoms with Crippen molar-refractivity contribution in [2.45, 2.75) is 13.0 Å². The van der Waals surface area contributed by atoms with E-state index in [1.165, 1.54) is 0 Å². The zero-order valence-electron chi connectivity index (χ0n) is 8.34. The highest BCUT2D eigenvalue weighted by Gasteiger charge is 2.21. The van der Waals surface area contributed by atoms with Gasteiger partial charge in [0.05, 0.1) is 18.8 Å². The number of ether oxygens (including phenoxy) is 1. The summed E-state index contributed by atoms with van der Waals surface area (Å²) < 4.78 is 6.50. The molecule has 1 aromatic heterocycles. The molecule has 7 heteroatoms. The van der Waals surface area contributed by atoms with Crippen LogP contribution < -0.4 is 5.32 Å². The third-order valence-electron chi connectivity index (χ3n) is 2.13. The van der Waals surface area contributed by atoms with Crippen LogP contribution in [0, 0.1) is 0 Å². The minimum Gasteiger partial charge on any atom is -0.461 e. The Bertz CT molecular complexity index is 337. The molecule has 84 valence electrons. The van der Waals surface area contributed by atoms with Crippen LogP contribution in [0.5, 0.6) is 0 Å². The lowest BCUT2D eigenvalue weighted by Gasteiger charge is -2.26. The van der Waals surface area contributed by atoms with Gasteiger partial charge in [-0.1, -0.05) is 5.21 Å². The molecule has 0 aliphatic carbocycles. The fraction of sp³-hybridized carbons (Fsp3) is 0.625. The van der Waals surface area contributed by atoms with E-state index >= 15 is 0 Å². The monoisotopic (exact) mass is 232 g/mol. The Labute approximate surface area is 93.4 Å². The van der Waals surface area contributed by atoms with Crippen molar-refractivity contribution < 1.29 is 9.53 Å². The van der Waals surface area contributed by atoms with Crippen molar-refractivity contribution in [1.82, 2.24) is 20.3 Å². The molecule has 0 spiro atoms. The molecule has 0 unspecified atom stereocenters. The van der Waals surface area contributed by atoms with E-state index in [9.17, 15) is 4.79 Å². The van der Waals surface area contributed by atoms with Crippen molar-refractivity contribution >= 4 is 18.4 Å². The smallest absolute Gasteiger partial charge is 0.360 e. The summed E-state index contributed by atoms with van der Waals surface area (Å²) in [6, 6.07) is 0.325. The van der Waals surface area contributed by atoms with Crippen molar-refractivity contribution in [3.8, 4) is 0 Å². The molecule has 0 amide bonds. The largest absolute Gasteiger partial charge is 0.461 e. The fourth-order valence-corrected chi connectivity index (χ4v) is 1.21. The number of esters is 1. The van der Waals surface area contributed by atoms with Crippen LogP contribution in [0.15, 0.2) is 6.20 Å². The summed E-state index contributed by atoms with van der Waals surface area (Å²) in [5.74, 6) is -0.411. The molecule has 6 nitrogen and oxygen atoms in total. The van der Waals surface area contributed by atoms with Crippen LogP contribution in [-0.4, -0.2) is 40.7 Å². The Morgan fingerprint density at radius 3 is 3.00 bits per heavy atom. The fourth-order valence-electron chi connectivity index (χ4n) is 1.21. The van der Waals surface area contributed by atoms with Crippen molar-refractivity contribution in [2.24, 2.45) is 0 Å². The van der Waals surface area contributed by atoms with E-state index in [1.807, 2.05) is 0 Å². The molecule has 0 atom stereocenters. The van der Waals surface area contributed by atoms with Gasteiger partial charge in [-0.2, -0.15) is 0 Å². The van der Waals surface area contributed by atoms with Gasteiger partial charge in [-0.05, 0) is 6.92 Å². The number of halogens is 1. The first kappa shape index (κ1) is 11.9. The number of carbonyl (C=O) groups excluding carboxylic acids is 1. The number of carbonyl (C=O) groups is 1. The van der Waals surface area contributed by atoms with Gasteiger partial charge in [-0.25, -0.2) is 9.48 Å². The number of hydrogen-bond donors (Lipinski definition) is 1. The maximum atomic E-state index is 11.2. The lowest BCUT2D eigenvalue weighted by Crippen LogP contribution is -2.43. The summed E-state index contributed by atoms with van der Waals surface area (Å²) >= 11 is 0. The quantitative estimate of drug-likeness (QED) is 0.745. The lowest BCUT2D eigenvalue weighted by atomic mass is 10.2. The molecule has 0 saturated carbocycles. The van der Waals surface area contributed by atoms with Crippen LogP contribution in [0.3, 0.4) is 0 Å². The Morgan fingerprint density at radius 2 is 2.47 bits per heavy atom. The van der Waals surface area contributed by atoms with Gasteiger partial charge in [-0.3, -0.25) is 0 Å². The van der Waals surface area contributed by atoms with Gasteiger partial charge in [0.15, 0.2) is 5.69 Å². The molecular weight excluding hydrogens is 220 g/mol. The number of hydrogen-bond acceptors (Lipinski definition) is 5. The van der Waals surface area contributed by atoms with Crippen molar-refractivity contribution in [3.63, 3.8) is 0 Å². The predicted molar refractivity (Wildman–Crippen MR) is 55.1 cm³/mol. The molecule has 1 fully saturated rings. The topological polar surface area (TPSA) is 69.0 Å². The third-order valence-corrected chi connectivity index (χ3v) is 2.13. The lowest BCUT2D eigenvalue weighted by molar-refractivity contribution is 0.0519. The molecule has 1 saturated heterocycles. The van der Waals surface area contributed by atoms with Crippen LogP contribution in [0.25, 0.3) is 0 Å². The van der Waals surface area contributed by atoms with E-state index in [4.69, 9.17) is 4.74 Å². The van der Waals surface area contributed by atoms with Crippen LogP contribution in [0.4, 0.5) is 0 Å². The summed E-state index contributed by atoms with van der Waals surface area (Å²) in [6.07, 6.45) is 1.63. The number of nitrogens with one attached hydrogen (secondary N) is 1. The van der Waals surface area contributed by atoms with E-state index in [2.05, 4.69) is 15.6 Å². The molecule has 2 rings (SSSR count). The minimum atomic E-state index is -0.411. The second kappa shape index (κ2) is 5.09. The SMILES string of the molecule is CCOC(=O)c1cn(C2CNC2)nn1.Cl. The number of rotatable bonds is 3. The summed E-state index contributed by atoms with van der Waals surface area (Å²) in [6.45, 7) is 3.88. The predicted octanol–water partition coefficient (Wildman–Crippen LogP) is 0.0209. The Balaban J connectivity index is 0.00000112. The average Bonchev–Trinajstić information content (AvgIpc) is 2.50. The third kappa shape index (κ3) is 2.45. The summed E-state index contributed by atoms with van der Waals surface area (Å²) in [5.41, 5.74) is 0.277. The van der Waals surface area contributed by atoms with Gasteiger partial charge < -0.3 is 10.1 Å². The second-order valence-electron chi connectivity index (χ2n) is 3.12. The van der Waals surface area contributed by atoms with Crippen molar-refractivity contribution in [2.75, 3.05) is 19.7 Å². The van der Waals surface area contributed by atoms with Crippen molar-refractivity contribution in [1.29, 1.82) is 0 Å². The van der Waals surface area contributed by atoms with E-state index in [0.717, 1.165) is 13.1 Å². The molecule has 1 aliphatic rings. The normalized spacial score (nSPS) is 15.3. The standard InChI is InChI=1S/C8H12N4O2.ClH/c1-2-14-8(13)7-5-12(11-10-7)6-3-9-4-6;/h5-6,9H,2-4H2,1H3;1H. The van der Waals surface area contributed by atoms with E-state index < -0.39 is 5.97 Å². The van der Waals surface area contributed by atoms with E-state index in [1.54, 1.807) is 17.8 Å². The van der Waals surface area contributed by atoms with Gasteiger partial charge in [0, 0.05) is 13.1 Å². The van der Waals surface area contributed by atoms with Crippen LogP contribution in [0.1, 0.15) is 23.5 Å². The Hall–Kier alpha value is -1.14. The first-order valence-corrected chi connectivity index (χ1v) is 4.61. The van der Waals surface area contributed by atoms with Gasteiger partial charge in [0.1, 0.15) is 0 Å². The summed E-state index contributed by atoms with van der Waals surface area (Å²) in [5, 5.41) is 10.7. The van der Waals surface area contributed by atoms with Gasteiger partial charge >= 0.3 is 5.97 Å². The Morgan fingerprint density at radius 1 is 1.73 bits per heavy atom. The first-order valence-electron chi connectivity index (χ1n) is 4.61. The van der Waals surface area contributed by atoms with Gasteiger partial charge in [0.25, 0.3) is 0 Å². The van der Waals surface area contributed by atoms with Gasteiger partial charge in [0.2, 0.25) is 0 Å². The molecule has 1 N–H and O–H groups in total. The second-order valence-corrected chi connectivity index (χ2v) is 3.12. The van der Waals surface area contributed by atoms with E-state index in [-0.39, 0.29) is 18.1 Å². The molecule has 2 heterocycles. The maximum absolute atomic E-state index is 11.2. The highest BCUT2D eigenvalue weighted by Crippen LogP contribution is 2.10. The molecule has 15 heavy (non-hydrogen) atoms. The maximum Gasteiger partial charge on any atom is 0.360 e. The molecule has 0 bridgehead atoms. The first-order chi connectivity index (χ1) is 6.81. The summed E-state index contributed by atoms with van der Waals surface area (Å²) in [4.78, 5) is 11.2. The minimum absolute atomic E-state index is 0.